The number of rotatable bonds is 6. The molecular weight excluding hydrogens is 296 g/mol. The Morgan fingerprint density at radius 2 is 2.00 bits per heavy atom. The molecule has 116 valence electrons. The number of carbonyl (C=O) groups is 2. The van der Waals surface area contributed by atoms with Crippen LogP contribution in [0.25, 0.3) is 0 Å². The highest BCUT2D eigenvalue weighted by atomic mass is 32.2. The number of aliphatic carboxylic acids is 1. The van der Waals surface area contributed by atoms with Crippen LogP contribution in [0, 0.1) is 0 Å². The topological polar surface area (TPSA) is 104 Å². The van der Waals surface area contributed by atoms with Gasteiger partial charge in [0.05, 0.1) is 4.90 Å². The largest absolute Gasteiger partial charge is 0.480 e. The molecule has 1 unspecified atom stereocenters. The van der Waals surface area contributed by atoms with E-state index in [-0.39, 0.29) is 16.4 Å². The summed E-state index contributed by atoms with van der Waals surface area (Å²) in [5, 5.41) is 8.75. The predicted molar refractivity (Wildman–Crippen MR) is 76.5 cm³/mol. The molecule has 0 saturated carbocycles. The number of hydrogen-bond donors (Lipinski definition) is 2. The first-order chi connectivity index (χ1) is 9.69. The number of nitrogens with zero attached hydrogens (tertiary/aromatic N) is 1. The first kappa shape index (κ1) is 17.1. The Morgan fingerprint density at radius 3 is 2.52 bits per heavy atom. The van der Waals surface area contributed by atoms with E-state index < -0.39 is 22.0 Å². The van der Waals surface area contributed by atoms with E-state index in [1.54, 1.807) is 14.0 Å². The molecule has 1 atom stereocenters. The molecule has 0 bridgehead atoms. The number of carbonyl (C=O) groups excluding carboxylic acids is 1. The lowest BCUT2D eigenvalue weighted by Gasteiger charge is -2.15. The van der Waals surface area contributed by atoms with Gasteiger partial charge < -0.3 is 10.0 Å². The molecule has 0 saturated heterocycles. The SMILES string of the molecule is CCN(C)C(=O)c1cccc(S(=O)(=O)NC(C)C(=O)O)c1. The van der Waals surface area contributed by atoms with E-state index in [2.05, 4.69) is 0 Å². The maximum atomic E-state index is 12.1. The van der Waals surface area contributed by atoms with E-state index >= 15 is 0 Å². The van der Waals surface area contributed by atoms with Crippen molar-refractivity contribution in [3.8, 4) is 0 Å². The van der Waals surface area contributed by atoms with Gasteiger partial charge in [0.1, 0.15) is 6.04 Å². The van der Waals surface area contributed by atoms with Gasteiger partial charge in [0.2, 0.25) is 10.0 Å². The summed E-state index contributed by atoms with van der Waals surface area (Å²) in [6.07, 6.45) is 0. The van der Waals surface area contributed by atoms with Crippen LogP contribution in [0.3, 0.4) is 0 Å². The van der Waals surface area contributed by atoms with Crippen LogP contribution >= 0.6 is 0 Å². The van der Waals surface area contributed by atoms with E-state index in [1.807, 2.05) is 4.72 Å². The van der Waals surface area contributed by atoms with Crippen LogP contribution in [0.4, 0.5) is 0 Å². The van der Waals surface area contributed by atoms with Gasteiger partial charge in [0.15, 0.2) is 0 Å². The minimum absolute atomic E-state index is 0.147. The lowest BCUT2D eigenvalue weighted by Crippen LogP contribution is -2.38. The fourth-order valence-corrected chi connectivity index (χ4v) is 2.75. The fourth-order valence-electron chi connectivity index (χ4n) is 1.51. The summed E-state index contributed by atoms with van der Waals surface area (Å²) >= 11 is 0. The highest BCUT2D eigenvalue weighted by Gasteiger charge is 2.22. The molecule has 1 amide bonds. The molecule has 0 spiro atoms. The van der Waals surface area contributed by atoms with E-state index in [4.69, 9.17) is 5.11 Å². The molecule has 0 aliphatic carbocycles. The summed E-state index contributed by atoms with van der Waals surface area (Å²) in [6, 6.07) is 4.23. The molecule has 2 N–H and O–H groups in total. The number of benzene rings is 1. The zero-order chi connectivity index (χ0) is 16.2. The molecule has 0 aliphatic heterocycles. The summed E-state index contributed by atoms with van der Waals surface area (Å²) in [6.45, 7) is 3.51. The molecule has 8 heteroatoms. The van der Waals surface area contributed by atoms with E-state index in [9.17, 15) is 18.0 Å². The summed E-state index contributed by atoms with van der Waals surface area (Å²) < 4.78 is 26.2. The summed E-state index contributed by atoms with van der Waals surface area (Å²) in [4.78, 5) is 24.0. The van der Waals surface area contributed by atoms with Crippen molar-refractivity contribution in [2.45, 2.75) is 24.8 Å². The number of carboxylic acids is 1. The maximum absolute atomic E-state index is 12.1. The summed E-state index contributed by atoms with van der Waals surface area (Å²) in [5.74, 6) is -1.59. The Balaban J connectivity index is 3.10. The normalized spacial score (nSPS) is 12.7. The van der Waals surface area contributed by atoms with E-state index in [0.29, 0.717) is 6.54 Å². The van der Waals surface area contributed by atoms with Crippen LogP contribution in [0.15, 0.2) is 29.2 Å². The maximum Gasteiger partial charge on any atom is 0.321 e. The molecule has 1 aromatic carbocycles. The first-order valence-corrected chi connectivity index (χ1v) is 7.78. The van der Waals surface area contributed by atoms with Crippen LogP contribution in [-0.4, -0.2) is 49.9 Å². The Labute approximate surface area is 123 Å². The Bertz CT molecular complexity index is 642. The fraction of sp³-hybridized carbons (Fsp3) is 0.385. The molecular formula is C13H18N2O5S. The second-order valence-electron chi connectivity index (χ2n) is 4.53. The predicted octanol–water partition coefficient (Wildman–Crippen LogP) is 0.530. The zero-order valence-corrected chi connectivity index (χ0v) is 12.8. The van der Waals surface area contributed by atoms with Crippen LogP contribution in [0.1, 0.15) is 24.2 Å². The quantitative estimate of drug-likeness (QED) is 0.797. The molecule has 7 nitrogen and oxygen atoms in total. The van der Waals surface area contributed by atoms with Crippen LogP contribution in [0.5, 0.6) is 0 Å². The third kappa shape index (κ3) is 4.27. The second kappa shape index (κ2) is 6.68. The van der Waals surface area contributed by atoms with Gasteiger partial charge in [-0.05, 0) is 32.0 Å². The Morgan fingerprint density at radius 1 is 1.38 bits per heavy atom. The van der Waals surface area contributed by atoms with Crippen LogP contribution < -0.4 is 4.72 Å². The highest BCUT2D eigenvalue weighted by molar-refractivity contribution is 7.89. The van der Waals surface area contributed by atoms with Crippen molar-refractivity contribution in [3.05, 3.63) is 29.8 Å². The summed E-state index contributed by atoms with van der Waals surface area (Å²) in [5.41, 5.74) is 0.227. The van der Waals surface area contributed by atoms with Gasteiger partial charge in [-0.25, -0.2) is 8.42 Å². The van der Waals surface area contributed by atoms with Crippen LogP contribution in [0.2, 0.25) is 0 Å². The molecule has 1 rings (SSSR count). The Kier molecular flexibility index (Phi) is 5.45. The van der Waals surface area contributed by atoms with Gasteiger partial charge >= 0.3 is 5.97 Å². The lowest BCUT2D eigenvalue weighted by atomic mass is 10.2. The minimum atomic E-state index is -3.99. The smallest absolute Gasteiger partial charge is 0.321 e. The first-order valence-electron chi connectivity index (χ1n) is 6.29. The van der Waals surface area contributed by atoms with E-state index in [1.165, 1.54) is 36.1 Å². The third-order valence-electron chi connectivity index (χ3n) is 2.91. The number of amides is 1. The number of hydrogen-bond acceptors (Lipinski definition) is 4. The number of carboxylic acid groups (broad SMARTS) is 1. The number of nitrogens with one attached hydrogen (secondary N) is 1. The van der Waals surface area contributed by atoms with Crippen molar-refractivity contribution in [1.82, 2.24) is 9.62 Å². The highest BCUT2D eigenvalue weighted by Crippen LogP contribution is 2.13. The average molecular weight is 314 g/mol. The average Bonchev–Trinajstić information content (AvgIpc) is 2.45. The van der Waals surface area contributed by atoms with Gasteiger partial charge in [0.25, 0.3) is 5.91 Å². The summed E-state index contributed by atoms with van der Waals surface area (Å²) in [7, 11) is -2.39. The Hall–Kier alpha value is -1.93. The second-order valence-corrected chi connectivity index (χ2v) is 6.24. The number of sulfonamides is 1. The molecule has 0 fully saturated rings. The van der Waals surface area contributed by atoms with Gasteiger partial charge in [-0.2, -0.15) is 4.72 Å². The molecule has 21 heavy (non-hydrogen) atoms. The molecule has 1 aromatic rings. The molecule has 0 radical (unpaired) electrons. The van der Waals surface area contributed by atoms with Crippen LogP contribution in [-0.2, 0) is 14.8 Å². The molecule has 0 aliphatic rings. The monoisotopic (exact) mass is 314 g/mol. The van der Waals surface area contributed by atoms with Crippen molar-refractivity contribution in [2.24, 2.45) is 0 Å². The van der Waals surface area contributed by atoms with Crippen molar-refractivity contribution in [2.75, 3.05) is 13.6 Å². The molecule has 0 heterocycles. The zero-order valence-electron chi connectivity index (χ0n) is 12.0. The van der Waals surface area contributed by atoms with Crippen molar-refractivity contribution >= 4 is 21.9 Å². The van der Waals surface area contributed by atoms with Gasteiger partial charge in [0, 0.05) is 19.2 Å². The van der Waals surface area contributed by atoms with Gasteiger partial charge in [-0.1, -0.05) is 6.07 Å². The minimum Gasteiger partial charge on any atom is -0.480 e. The van der Waals surface area contributed by atoms with Crippen molar-refractivity contribution < 1.29 is 23.1 Å². The standard InChI is InChI=1S/C13H18N2O5S/c1-4-15(3)12(16)10-6-5-7-11(8-10)21(19,20)14-9(2)13(17)18/h5-9,14H,4H2,1-3H3,(H,17,18). The van der Waals surface area contributed by atoms with E-state index in [0.717, 1.165) is 0 Å². The molecule has 0 aromatic heterocycles. The van der Waals surface area contributed by atoms with Gasteiger partial charge in [-0.3, -0.25) is 9.59 Å². The van der Waals surface area contributed by atoms with Gasteiger partial charge in [-0.15, -0.1) is 0 Å². The van der Waals surface area contributed by atoms with Crippen molar-refractivity contribution in [1.29, 1.82) is 0 Å². The lowest BCUT2D eigenvalue weighted by molar-refractivity contribution is -0.138. The van der Waals surface area contributed by atoms with Crippen molar-refractivity contribution in [3.63, 3.8) is 0 Å². The third-order valence-corrected chi connectivity index (χ3v) is 4.45.